The van der Waals surface area contributed by atoms with Crippen LogP contribution in [0.2, 0.25) is 5.02 Å². The van der Waals surface area contributed by atoms with E-state index in [4.69, 9.17) is 11.6 Å². The lowest BCUT2D eigenvalue weighted by Crippen LogP contribution is -2.25. The van der Waals surface area contributed by atoms with E-state index in [0.717, 1.165) is 35.6 Å². The fraction of sp³-hybridized carbons (Fsp3) is 0.300. The highest BCUT2D eigenvalue weighted by atomic mass is 35.5. The van der Waals surface area contributed by atoms with E-state index in [0.29, 0.717) is 10.6 Å². The Hall–Kier alpha value is -2.73. The Kier molecular flexibility index (Phi) is 4.66. The summed E-state index contributed by atoms with van der Waals surface area (Å²) in [5.74, 6) is 0.957. The maximum absolute atomic E-state index is 12.7. The highest BCUT2D eigenvalue weighted by Gasteiger charge is 2.24. The molecule has 0 bridgehead atoms. The van der Waals surface area contributed by atoms with E-state index >= 15 is 0 Å². The third kappa shape index (κ3) is 3.85. The Labute approximate surface area is 162 Å². The van der Waals surface area contributed by atoms with Crippen LogP contribution in [0.3, 0.4) is 0 Å². The van der Waals surface area contributed by atoms with Gasteiger partial charge in [0.05, 0.1) is 16.4 Å². The standard InChI is InChI=1S/C20H20ClN5O/c1-12(2)19-23-11-24-26(19)17-8-13(18-6-3-15(21)10-22-18)7-14(9-17)20(27)25-16-4-5-16/h3,6-12,16H,4-5H2,1-2H3,(H,25,27). The molecule has 0 aliphatic heterocycles. The largest absolute Gasteiger partial charge is 0.349 e. The molecule has 2 heterocycles. The number of benzene rings is 1. The number of hydrogen-bond acceptors (Lipinski definition) is 4. The number of hydrogen-bond donors (Lipinski definition) is 1. The Morgan fingerprint density at radius 1 is 1.22 bits per heavy atom. The van der Waals surface area contributed by atoms with Crippen LogP contribution in [0.1, 0.15) is 48.8 Å². The molecular weight excluding hydrogens is 362 g/mol. The normalized spacial score (nSPS) is 13.8. The number of rotatable bonds is 5. The molecule has 2 aromatic heterocycles. The molecule has 0 unspecified atom stereocenters. The summed E-state index contributed by atoms with van der Waals surface area (Å²) in [4.78, 5) is 21.4. The minimum atomic E-state index is -0.0826. The Morgan fingerprint density at radius 3 is 2.70 bits per heavy atom. The zero-order chi connectivity index (χ0) is 19.0. The van der Waals surface area contributed by atoms with Crippen molar-refractivity contribution >= 4 is 17.5 Å². The van der Waals surface area contributed by atoms with Gasteiger partial charge in [-0.25, -0.2) is 9.67 Å². The molecule has 138 valence electrons. The first-order valence-corrected chi connectivity index (χ1v) is 9.37. The van der Waals surface area contributed by atoms with Crippen molar-refractivity contribution in [3.05, 3.63) is 59.3 Å². The SMILES string of the molecule is CC(C)c1ncnn1-c1cc(C(=O)NC2CC2)cc(-c2ccc(Cl)cn2)c1. The predicted molar refractivity (Wildman–Crippen MR) is 104 cm³/mol. The second-order valence-corrected chi connectivity index (χ2v) is 7.50. The second-order valence-electron chi connectivity index (χ2n) is 7.06. The molecule has 7 heteroatoms. The first-order chi connectivity index (χ1) is 13.0. The van der Waals surface area contributed by atoms with Gasteiger partial charge >= 0.3 is 0 Å². The molecule has 1 aliphatic carbocycles. The molecule has 1 aromatic carbocycles. The molecule has 6 nitrogen and oxygen atoms in total. The molecule has 0 atom stereocenters. The lowest BCUT2D eigenvalue weighted by Gasteiger charge is -2.13. The van der Waals surface area contributed by atoms with Crippen LogP contribution in [0, 0.1) is 0 Å². The third-order valence-electron chi connectivity index (χ3n) is 4.45. The molecule has 1 N–H and O–H groups in total. The number of carbonyl (C=O) groups is 1. The van der Waals surface area contributed by atoms with E-state index in [1.807, 2.05) is 24.3 Å². The number of carbonyl (C=O) groups excluding carboxylic acids is 1. The van der Waals surface area contributed by atoms with Gasteiger partial charge in [0.2, 0.25) is 0 Å². The van der Waals surface area contributed by atoms with Gasteiger partial charge in [-0.1, -0.05) is 25.4 Å². The van der Waals surface area contributed by atoms with Gasteiger partial charge in [0.1, 0.15) is 12.2 Å². The van der Waals surface area contributed by atoms with Crippen LogP contribution in [-0.2, 0) is 0 Å². The van der Waals surface area contributed by atoms with Crippen LogP contribution in [0.4, 0.5) is 0 Å². The second kappa shape index (κ2) is 7.12. The Bertz CT molecular complexity index is 976. The van der Waals surface area contributed by atoms with Gasteiger partial charge in [0.15, 0.2) is 0 Å². The average molecular weight is 382 g/mol. The Balaban J connectivity index is 1.81. The quantitative estimate of drug-likeness (QED) is 0.725. The fourth-order valence-corrected chi connectivity index (χ4v) is 3.01. The van der Waals surface area contributed by atoms with Crippen molar-refractivity contribution in [1.82, 2.24) is 25.1 Å². The van der Waals surface area contributed by atoms with Crippen LogP contribution >= 0.6 is 11.6 Å². The molecule has 1 saturated carbocycles. The Morgan fingerprint density at radius 2 is 2.04 bits per heavy atom. The molecule has 0 saturated heterocycles. The summed E-state index contributed by atoms with van der Waals surface area (Å²) in [5, 5.41) is 7.97. The van der Waals surface area contributed by atoms with E-state index < -0.39 is 0 Å². The summed E-state index contributed by atoms with van der Waals surface area (Å²) in [6.45, 7) is 4.12. The summed E-state index contributed by atoms with van der Waals surface area (Å²) in [6.07, 6.45) is 5.21. The minimum absolute atomic E-state index is 0.0826. The van der Waals surface area contributed by atoms with Crippen LogP contribution in [-0.4, -0.2) is 31.7 Å². The van der Waals surface area contributed by atoms with E-state index in [2.05, 4.69) is 34.2 Å². The molecule has 1 amide bonds. The van der Waals surface area contributed by atoms with Gasteiger partial charge in [0.25, 0.3) is 5.91 Å². The molecule has 4 rings (SSSR count). The van der Waals surface area contributed by atoms with Crippen LogP contribution in [0.25, 0.3) is 16.9 Å². The van der Waals surface area contributed by atoms with Crippen molar-refractivity contribution in [1.29, 1.82) is 0 Å². The van der Waals surface area contributed by atoms with E-state index in [9.17, 15) is 4.79 Å². The summed E-state index contributed by atoms with van der Waals surface area (Å²) in [7, 11) is 0. The van der Waals surface area contributed by atoms with Gasteiger partial charge in [0, 0.05) is 29.3 Å². The van der Waals surface area contributed by atoms with Crippen molar-refractivity contribution in [2.24, 2.45) is 0 Å². The molecule has 3 aromatic rings. The van der Waals surface area contributed by atoms with Crippen molar-refractivity contribution in [2.75, 3.05) is 0 Å². The van der Waals surface area contributed by atoms with Crippen molar-refractivity contribution < 1.29 is 4.79 Å². The zero-order valence-corrected chi connectivity index (χ0v) is 15.9. The van der Waals surface area contributed by atoms with Gasteiger partial charge in [-0.2, -0.15) is 5.10 Å². The number of nitrogens with zero attached hydrogens (tertiary/aromatic N) is 4. The monoisotopic (exact) mass is 381 g/mol. The fourth-order valence-electron chi connectivity index (χ4n) is 2.90. The summed E-state index contributed by atoms with van der Waals surface area (Å²) < 4.78 is 1.78. The third-order valence-corrected chi connectivity index (χ3v) is 4.67. The van der Waals surface area contributed by atoms with Crippen molar-refractivity contribution in [3.8, 4) is 16.9 Å². The van der Waals surface area contributed by atoms with Crippen LogP contribution in [0.5, 0.6) is 0 Å². The number of amides is 1. The van der Waals surface area contributed by atoms with Gasteiger partial charge in [-0.05, 0) is 43.2 Å². The van der Waals surface area contributed by atoms with Crippen LogP contribution in [0.15, 0.2) is 42.9 Å². The number of pyridine rings is 1. The average Bonchev–Trinajstić information content (AvgIpc) is 3.32. The smallest absolute Gasteiger partial charge is 0.251 e. The molecule has 0 spiro atoms. The van der Waals surface area contributed by atoms with Gasteiger partial charge < -0.3 is 5.32 Å². The van der Waals surface area contributed by atoms with Crippen LogP contribution < -0.4 is 5.32 Å². The lowest BCUT2D eigenvalue weighted by atomic mass is 10.0. The van der Waals surface area contributed by atoms with Crippen molar-refractivity contribution in [3.63, 3.8) is 0 Å². The van der Waals surface area contributed by atoms with E-state index in [1.54, 1.807) is 16.9 Å². The molecular formula is C20H20ClN5O. The molecule has 1 fully saturated rings. The number of aromatic nitrogens is 4. The van der Waals surface area contributed by atoms with E-state index in [1.165, 1.54) is 6.33 Å². The number of halogens is 1. The molecule has 27 heavy (non-hydrogen) atoms. The summed E-state index contributed by atoms with van der Waals surface area (Å²) >= 11 is 5.96. The maximum Gasteiger partial charge on any atom is 0.251 e. The molecule has 1 aliphatic rings. The highest BCUT2D eigenvalue weighted by Crippen LogP contribution is 2.26. The van der Waals surface area contributed by atoms with Crippen molar-refractivity contribution in [2.45, 2.75) is 38.6 Å². The maximum atomic E-state index is 12.7. The molecule has 0 radical (unpaired) electrons. The van der Waals surface area contributed by atoms with Gasteiger partial charge in [-0.15, -0.1) is 0 Å². The minimum Gasteiger partial charge on any atom is -0.349 e. The van der Waals surface area contributed by atoms with E-state index in [-0.39, 0.29) is 17.9 Å². The first-order valence-electron chi connectivity index (χ1n) is 8.99. The van der Waals surface area contributed by atoms with Gasteiger partial charge in [-0.3, -0.25) is 9.78 Å². The highest BCUT2D eigenvalue weighted by molar-refractivity contribution is 6.30. The number of nitrogens with one attached hydrogen (secondary N) is 1. The lowest BCUT2D eigenvalue weighted by molar-refractivity contribution is 0.0951. The first kappa shape index (κ1) is 17.7. The predicted octanol–water partition coefficient (Wildman–Crippen LogP) is 4.00. The summed E-state index contributed by atoms with van der Waals surface area (Å²) in [6, 6.07) is 9.58. The topological polar surface area (TPSA) is 72.7 Å². The zero-order valence-electron chi connectivity index (χ0n) is 15.2. The summed E-state index contributed by atoms with van der Waals surface area (Å²) in [5.41, 5.74) is 2.94.